The first-order chi connectivity index (χ1) is 27.1. The largest absolute Gasteiger partial charge is 0.463 e. The maximum Gasteiger partial charge on any atom is 0.417 e. The second-order valence-electron chi connectivity index (χ2n) is 13.5. The SMILES string of the molecule is CO[C@H]1O[C@H](CO[C@@H]2O[C@H](COC(C)=O)[C@@H](OC(C)=O)[C@@H]3OC(=O)N(C(C)=O)[C@@H]23)[C@@H](OCc2ccccc2)[C@H](OCc2ccccc2)[C@@H]1OCc1ccccc1. The zero-order valence-electron chi connectivity index (χ0n) is 31.6. The number of carbonyl (C=O) groups is 4. The summed E-state index contributed by atoms with van der Waals surface area (Å²) in [5.74, 6) is -1.97. The lowest BCUT2D eigenvalue weighted by molar-refractivity contribution is -0.334. The van der Waals surface area contributed by atoms with Crippen LogP contribution in [-0.2, 0) is 81.6 Å². The Hall–Kier alpha value is -4.74. The van der Waals surface area contributed by atoms with Crippen molar-refractivity contribution >= 4 is 23.9 Å². The Balaban J connectivity index is 1.31. The van der Waals surface area contributed by atoms with Gasteiger partial charge < -0.3 is 47.4 Å². The molecule has 3 aromatic carbocycles. The van der Waals surface area contributed by atoms with Crippen LogP contribution >= 0.6 is 0 Å². The predicted octanol–water partition coefficient (Wildman–Crippen LogP) is 4.09. The van der Waals surface area contributed by atoms with E-state index in [2.05, 4.69) is 0 Å². The summed E-state index contributed by atoms with van der Waals surface area (Å²) in [6.07, 6.45) is -10.1. The summed E-state index contributed by atoms with van der Waals surface area (Å²) in [5.41, 5.74) is 2.74. The maximum atomic E-state index is 13.1. The van der Waals surface area contributed by atoms with Gasteiger partial charge in [0.1, 0.15) is 43.2 Å². The molecule has 3 aromatic rings. The lowest BCUT2D eigenvalue weighted by Gasteiger charge is -2.46. The van der Waals surface area contributed by atoms with Crippen molar-refractivity contribution in [2.24, 2.45) is 0 Å². The Kier molecular flexibility index (Phi) is 14.2. The number of methoxy groups -OCH3 is 1. The van der Waals surface area contributed by atoms with Gasteiger partial charge in [-0.3, -0.25) is 14.4 Å². The van der Waals surface area contributed by atoms with E-state index in [1.165, 1.54) is 27.9 Å². The number of hydrogen-bond acceptors (Lipinski definition) is 14. The van der Waals surface area contributed by atoms with Crippen molar-refractivity contribution in [3.05, 3.63) is 108 Å². The van der Waals surface area contributed by atoms with Crippen molar-refractivity contribution < 1.29 is 66.5 Å². The number of nitrogens with zero attached hydrogens (tertiary/aromatic N) is 1. The van der Waals surface area contributed by atoms with Gasteiger partial charge in [0.2, 0.25) is 5.91 Å². The van der Waals surface area contributed by atoms with Crippen LogP contribution in [0.25, 0.3) is 0 Å². The molecule has 56 heavy (non-hydrogen) atoms. The van der Waals surface area contributed by atoms with Crippen molar-refractivity contribution in [2.45, 2.75) is 102 Å². The molecule has 0 N–H and O–H groups in total. The molecule has 6 rings (SSSR count). The van der Waals surface area contributed by atoms with Crippen LogP contribution in [0.1, 0.15) is 37.5 Å². The smallest absolute Gasteiger partial charge is 0.417 e. The maximum absolute atomic E-state index is 13.1. The Morgan fingerprint density at radius 1 is 0.607 bits per heavy atom. The minimum atomic E-state index is -1.35. The van der Waals surface area contributed by atoms with Gasteiger partial charge in [0.25, 0.3) is 0 Å². The molecule has 3 fully saturated rings. The van der Waals surface area contributed by atoms with Crippen LogP contribution in [0.5, 0.6) is 0 Å². The average molecular weight is 778 g/mol. The van der Waals surface area contributed by atoms with E-state index in [0.29, 0.717) is 0 Å². The number of esters is 2. The number of rotatable bonds is 16. The number of hydrogen-bond donors (Lipinski definition) is 0. The third-order valence-corrected chi connectivity index (χ3v) is 9.54. The molecule has 15 nitrogen and oxygen atoms in total. The van der Waals surface area contributed by atoms with E-state index in [9.17, 15) is 19.2 Å². The van der Waals surface area contributed by atoms with Crippen LogP contribution in [0.4, 0.5) is 4.79 Å². The molecule has 0 spiro atoms. The monoisotopic (exact) mass is 777 g/mol. The lowest BCUT2D eigenvalue weighted by atomic mass is 9.95. The van der Waals surface area contributed by atoms with Gasteiger partial charge in [0.15, 0.2) is 24.8 Å². The third-order valence-electron chi connectivity index (χ3n) is 9.54. The van der Waals surface area contributed by atoms with E-state index in [0.717, 1.165) is 21.6 Å². The highest BCUT2D eigenvalue weighted by atomic mass is 16.7. The number of imide groups is 1. The van der Waals surface area contributed by atoms with Crippen molar-refractivity contribution in [3.8, 4) is 0 Å². The highest BCUT2D eigenvalue weighted by Crippen LogP contribution is 2.37. The molecule has 2 amide bonds. The van der Waals surface area contributed by atoms with Crippen LogP contribution < -0.4 is 0 Å². The average Bonchev–Trinajstić information content (AvgIpc) is 3.56. The van der Waals surface area contributed by atoms with E-state index in [1.807, 2.05) is 91.0 Å². The van der Waals surface area contributed by atoms with Crippen molar-refractivity contribution in [2.75, 3.05) is 20.3 Å². The Morgan fingerprint density at radius 3 is 1.61 bits per heavy atom. The first-order valence-corrected chi connectivity index (χ1v) is 18.4. The van der Waals surface area contributed by atoms with E-state index in [4.69, 9.17) is 47.4 Å². The zero-order chi connectivity index (χ0) is 39.6. The molecule has 15 heteroatoms. The summed E-state index contributed by atoms with van der Waals surface area (Å²) in [5, 5.41) is 0. The second-order valence-corrected chi connectivity index (χ2v) is 13.5. The fourth-order valence-electron chi connectivity index (χ4n) is 7.00. The molecular formula is C41H47NO14. The van der Waals surface area contributed by atoms with Crippen LogP contribution in [0.2, 0.25) is 0 Å². The minimum absolute atomic E-state index is 0.180. The second kappa shape index (κ2) is 19.4. The van der Waals surface area contributed by atoms with E-state index >= 15 is 0 Å². The molecule has 3 aliphatic heterocycles. The van der Waals surface area contributed by atoms with Crippen LogP contribution in [-0.4, -0.2) is 111 Å². The zero-order valence-corrected chi connectivity index (χ0v) is 31.6. The van der Waals surface area contributed by atoms with E-state index in [1.54, 1.807) is 0 Å². The molecule has 3 heterocycles. The molecule has 3 aliphatic rings. The molecule has 3 saturated heterocycles. The standard InChI is InChI=1S/C41H47NO14/c1-25(43)42-33-36(56-41(42)46)35(53-27(3)45)32(23-48-26(2)44)54-39(33)52-24-31-34(49-20-28-14-8-5-9-15-28)37(50-21-29-16-10-6-11-17-29)38(40(47-4)55-31)51-22-30-18-12-7-13-19-30/h5-19,31-40H,20-24H2,1-4H3/t31-,32-,33-,34-,35-,36-,37+,38+,39-,40+/m1/s1. The van der Waals surface area contributed by atoms with Gasteiger partial charge in [-0.1, -0.05) is 91.0 Å². The first-order valence-electron chi connectivity index (χ1n) is 18.4. The summed E-state index contributed by atoms with van der Waals surface area (Å²) in [4.78, 5) is 50.8. The molecule has 0 unspecified atom stereocenters. The minimum Gasteiger partial charge on any atom is -0.463 e. The quantitative estimate of drug-likeness (QED) is 0.151. The van der Waals surface area contributed by atoms with Gasteiger partial charge in [-0.25, -0.2) is 9.69 Å². The van der Waals surface area contributed by atoms with Gasteiger partial charge >= 0.3 is 18.0 Å². The molecule has 10 atom stereocenters. The number of amides is 2. The van der Waals surface area contributed by atoms with Crippen molar-refractivity contribution in [1.29, 1.82) is 0 Å². The van der Waals surface area contributed by atoms with Crippen LogP contribution in [0.3, 0.4) is 0 Å². The van der Waals surface area contributed by atoms with Crippen LogP contribution in [0.15, 0.2) is 91.0 Å². The fraction of sp³-hybridized carbons (Fsp3) is 0.463. The number of fused-ring (bicyclic) bond motifs is 1. The summed E-state index contributed by atoms with van der Waals surface area (Å²) in [7, 11) is 1.50. The molecule has 0 radical (unpaired) electrons. The highest BCUT2D eigenvalue weighted by molar-refractivity contribution is 5.92. The van der Waals surface area contributed by atoms with Crippen molar-refractivity contribution in [1.82, 2.24) is 4.90 Å². The Labute approximate surface area is 324 Å². The molecule has 0 aromatic heterocycles. The first kappa shape index (κ1) is 40.9. The van der Waals surface area contributed by atoms with Gasteiger partial charge in [0.05, 0.1) is 26.4 Å². The third kappa shape index (κ3) is 10.2. The fourth-order valence-corrected chi connectivity index (χ4v) is 7.00. The molecule has 0 saturated carbocycles. The Morgan fingerprint density at radius 2 is 1.11 bits per heavy atom. The van der Waals surface area contributed by atoms with Crippen molar-refractivity contribution in [3.63, 3.8) is 0 Å². The summed E-state index contributed by atoms with van der Waals surface area (Å²) >= 11 is 0. The van der Waals surface area contributed by atoms with E-state index in [-0.39, 0.29) is 33.0 Å². The molecule has 0 aliphatic carbocycles. The number of benzene rings is 3. The topological polar surface area (TPSA) is 164 Å². The summed E-state index contributed by atoms with van der Waals surface area (Å²) in [6.45, 7) is 3.60. The molecular weight excluding hydrogens is 730 g/mol. The molecule has 0 bridgehead atoms. The Bertz CT molecular complexity index is 1750. The van der Waals surface area contributed by atoms with Gasteiger partial charge in [-0.2, -0.15) is 0 Å². The predicted molar refractivity (Wildman–Crippen MR) is 194 cm³/mol. The van der Waals surface area contributed by atoms with Crippen LogP contribution in [0, 0.1) is 0 Å². The van der Waals surface area contributed by atoms with Gasteiger partial charge in [-0.05, 0) is 16.7 Å². The number of ether oxygens (including phenoxy) is 10. The summed E-state index contributed by atoms with van der Waals surface area (Å²) in [6, 6.07) is 27.7. The molecule has 300 valence electrons. The normalized spacial score (nSPS) is 28.6. The van der Waals surface area contributed by atoms with Gasteiger partial charge in [-0.15, -0.1) is 0 Å². The summed E-state index contributed by atoms with van der Waals surface area (Å²) < 4.78 is 61.3. The lowest BCUT2D eigenvalue weighted by Crippen LogP contribution is -2.64. The number of carbonyl (C=O) groups excluding carboxylic acids is 4. The highest BCUT2D eigenvalue weighted by Gasteiger charge is 2.60. The van der Waals surface area contributed by atoms with Gasteiger partial charge in [0, 0.05) is 27.9 Å². The van der Waals surface area contributed by atoms with E-state index < -0.39 is 85.3 Å².